The average molecular weight is 329 g/mol. The summed E-state index contributed by atoms with van der Waals surface area (Å²) in [4.78, 5) is 4.58. The van der Waals surface area contributed by atoms with Crippen molar-refractivity contribution < 1.29 is 9.47 Å². The third-order valence-electron chi connectivity index (χ3n) is 3.44. The maximum absolute atomic E-state index is 5.42. The van der Waals surface area contributed by atoms with Gasteiger partial charge in [0.25, 0.3) is 0 Å². The summed E-state index contributed by atoms with van der Waals surface area (Å²) in [7, 11) is 3.28. The number of hydrogen-bond acceptors (Lipinski definition) is 5. The second-order valence-electron chi connectivity index (χ2n) is 4.85. The van der Waals surface area contributed by atoms with Crippen LogP contribution in [0.15, 0.2) is 36.4 Å². The topological polar surface area (TPSA) is 31.4 Å². The molecule has 0 aliphatic rings. The molecule has 0 radical (unpaired) electrons. The van der Waals surface area contributed by atoms with Crippen LogP contribution >= 0.6 is 23.6 Å². The molecule has 0 spiro atoms. The van der Waals surface area contributed by atoms with Crippen LogP contribution in [0.1, 0.15) is 5.56 Å². The van der Waals surface area contributed by atoms with Crippen LogP contribution in [0.4, 0.5) is 0 Å². The number of aryl methyl sites for hydroxylation is 1. The molecule has 0 saturated heterocycles. The van der Waals surface area contributed by atoms with Gasteiger partial charge in [-0.25, -0.2) is 4.98 Å². The van der Waals surface area contributed by atoms with Gasteiger partial charge in [0, 0.05) is 15.6 Å². The van der Waals surface area contributed by atoms with Crippen LogP contribution < -0.4 is 9.47 Å². The number of nitrogens with zero attached hydrogens (tertiary/aromatic N) is 1. The van der Waals surface area contributed by atoms with Gasteiger partial charge in [-0.15, -0.1) is 11.3 Å². The van der Waals surface area contributed by atoms with Crippen LogP contribution in [-0.2, 0) is 0 Å². The predicted molar refractivity (Wildman–Crippen MR) is 93.7 cm³/mol. The summed E-state index contributed by atoms with van der Waals surface area (Å²) in [5, 5.41) is 1.90. The molecule has 0 aliphatic carbocycles. The fraction of sp³-hybridized carbons (Fsp3) is 0.176. The Hall–Kier alpha value is -1.98. The van der Waals surface area contributed by atoms with E-state index in [1.165, 1.54) is 0 Å². The number of benzene rings is 2. The molecular formula is C17H15NO2S2. The molecule has 0 atom stereocenters. The maximum Gasteiger partial charge on any atom is 0.163 e. The molecular weight excluding hydrogens is 314 g/mol. The Bertz CT molecular complexity index is 903. The van der Waals surface area contributed by atoms with Gasteiger partial charge in [-0.2, -0.15) is 0 Å². The Morgan fingerprint density at radius 1 is 1.09 bits per heavy atom. The average Bonchev–Trinajstić information content (AvgIpc) is 2.54. The fourth-order valence-electron chi connectivity index (χ4n) is 2.41. The molecule has 0 N–H and O–H groups in total. The maximum atomic E-state index is 5.42. The highest BCUT2D eigenvalue weighted by Crippen LogP contribution is 2.37. The van der Waals surface area contributed by atoms with Crippen LogP contribution in [0.3, 0.4) is 0 Å². The number of ether oxygens (including phenoxy) is 2. The van der Waals surface area contributed by atoms with Crippen LogP contribution in [0.25, 0.3) is 20.7 Å². The lowest BCUT2D eigenvalue weighted by atomic mass is 10.1. The number of hydrogen-bond donors (Lipinski definition) is 0. The molecule has 112 valence electrons. The van der Waals surface area contributed by atoms with Gasteiger partial charge in [0.2, 0.25) is 0 Å². The van der Waals surface area contributed by atoms with E-state index in [-0.39, 0.29) is 0 Å². The molecule has 0 amide bonds. The van der Waals surface area contributed by atoms with E-state index in [0.29, 0.717) is 10.4 Å². The standard InChI is InChI=1S/C17H15NO2S2/c1-10-8-11(9-13(19-2)15(10)20-3)17-18-16(21)12-6-4-5-7-14(12)22-17/h4-9H,1-3H3. The van der Waals surface area contributed by atoms with Crippen molar-refractivity contribution in [1.82, 2.24) is 4.98 Å². The lowest BCUT2D eigenvalue weighted by Gasteiger charge is -2.12. The van der Waals surface area contributed by atoms with Crippen LogP contribution in [0, 0.1) is 11.6 Å². The highest BCUT2D eigenvalue weighted by Gasteiger charge is 2.12. The first kappa shape index (κ1) is 14.9. The number of rotatable bonds is 3. The Morgan fingerprint density at radius 2 is 1.86 bits per heavy atom. The molecule has 5 heteroatoms. The predicted octanol–water partition coefficient (Wildman–Crippen LogP) is 5.02. The smallest absolute Gasteiger partial charge is 0.163 e. The van der Waals surface area contributed by atoms with Gasteiger partial charge >= 0.3 is 0 Å². The van der Waals surface area contributed by atoms with E-state index in [1.807, 2.05) is 37.3 Å². The van der Waals surface area contributed by atoms with Crippen LogP contribution in [0.5, 0.6) is 11.5 Å². The van der Waals surface area contributed by atoms with E-state index in [2.05, 4.69) is 11.1 Å². The Labute approximate surface area is 138 Å². The number of fused-ring (bicyclic) bond motifs is 1. The summed E-state index contributed by atoms with van der Waals surface area (Å²) < 4.78 is 12.6. The van der Waals surface area contributed by atoms with Gasteiger partial charge in [-0.05, 0) is 30.7 Å². The van der Waals surface area contributed by atoms with Gasteiger partial charge in [-0.3, -0.25) is 0 Å². The third-order valence-corrected chi connectivity index (χ3v) is 4.85. The van der Waals surface area contributed by atoms with Crippen molar-refractivity contribution >= 4 is 33.6 Å². The Kier molecular flexibility index (Phi) is 4.09. The van der Waals surface area contributed by atoms with E-state index >= 15 is 0 Å². The van der Waals surface area contributed by atoms with Crippen molar-refractivity contribution in [1.29, 1.82) is 0 Å². The highest BCUT2D eigenvalue weighted by atomic mass is 32.1. The van der Waals surface area contributed by atoms with Crippen LogP contribution in [0.2, 0.25) is 0 Å². The monoisotopic (exact) mass is 329 g/mol. The SMILES string of the molecule is COc1cc(-c2nc(=S)c3ccccc3s2)cc(C)c1OC. The van der Waals surface area contributed by atoms with Crippen molar-refractivity contribution in [2.24, 2.45) is 0 Å². The molecule has 3 aromatic rings. The molecule has 22 heavy (non-hydrogen) atoms. The van der Waals surface area contributed by atoms with E-state index in [0.717, 1.165) is 32.0 Å². The van der Waals surface area contributed by atoms with Crippen molar-refractivity contribution in [3.63, 3.8) is 0 Å². The first-order chi connectivity index (χ1) is 10.6. The van der Waals surface area contributed by atoms with Gasteiger partial charge in [0.15, 0.2) is 11.5 Å². The summed E-state index contributed by atoms with van der Waals surface area (Å²) >= 11 is 7.04. The quantitative estimate of drug-likeness (QED) is 0.632. The van der Waals surface area contributed by atoms with Gasteiger partial charge in [0.1, 0.15) is 9.65 Å². The molecule has 0 fully saturated rings. The zero-order chi connectivity index (χ0) is 15.7. The van der Waals surface area contributed by atoms with Crippen molar-refractivity contribution in [3.05, 3.63) is 46.6 Å². The highest BCUT2D eigenvalue weighted by molar-refractivity contribution is 7.71. The summed E-state index contributed by atoms with van der Waals surface area (Å²) in [5.41, 5.74) is 1.99. The van der Waals surface area contributed by atoms with Crippen molar-refractivity contribution in [2.45, 2.75) is 6.92 Å². The second-order valence-corrected chi connectivity index (χ2v) is 6.27. The molecule has 1 heterocycles. The summed E-state index contributed by atoms with van der Waals surface area (Å²) in [6.07, 6.45) is 0. The first-order valence-electron chi connectivity index (χ1n) is 6.77. The molecule has 3 nitrogen and oxygen atoms in total. The Morgan fingerprint density at radius 3 is 2.59 bits per heavy atom. The van der Waals surface area contributed by atoms with Gasteiger partial charge < -0.3 is 9.47 Å². The summed E-state index contributed by atoms with van der Waals surface area (Å²) in [6, 6.07) is 12.0. The lowest BCUT2D eigenvalue weighted by molar-refractivity contribution is 0.353. The Balaban J connectivity index is 2.23. The normalized spacial score (nSPS) is 10.7. The van der Waals surface area contributed by atoms with Gasteiger partial charge in [0.05, 0.1) is 14.2 Å². The largest absolute Gasteiger partial charge is 0.493 e. The zero-order valence-corrected chi connectivity index (χ0v) is 14.2. The van der Waals surface area contributed by atoms with E-state index in [9.17, 15) is 0 Å². The number of aromatic nitrogens is 1. The number of methoxy groups -OCH3 is 2. The minimum atomic E-state index is 0.622. The van der Waals surface area contributed by atoms with E-state index in [4.69, 9.17) is 21.7 Å². The summed E-state index contributed by atoms with van der Waals surface area (Å²) in [5.74, 6) is 1.45. The molecule has 0 saturated carbocycles. The fourth-order valence-corrected chi connectivity index (χ4v) is 3.81. The van der Waals surface area contributed by atoms with Gasteiger partial charge in [-0.1, -0.05) is 30.4 Å². The first-order valence-corrected chi connectivity index (χ1v) is 7.99. The molecule has 0 aliphatic heterocycles. The zero-order valence-electron chi connectivity index (χ0n) is 12.5. The van der Waals surface area contributed by atoms with E-state index < -0.39 is 0 Å². The molecule has 1 aromatic heterocycles. The molecule has 2 aromatic carbocycles. The van der Waals surface area contributed by atoms with Crippen molar-refractivity contribution in [3.8, 4) is 22.1 Å². The summed E-state index contributed by atoms with van der Waals surface area (Å²) in [6.45, 7) is 1.99. The van der Waals surface area contributed by atoms with E-state index in [1.54, 1.807) is 25.6 Å². The molecule has 0 unspecified atom stereocenters. The third kappa shape index (κ3) is 2.58. The molecule has 0 bridgehead atoms. The minimum Gasteiger partial charge on any atom is -0.493 e. The molecule has 3 rings (SSSR count). The van der Waals surface area contributed by atoms with Crippen molar-refractivity contribution in [2.75, 3.05) is 14.2 Å². The minimum absolute atomic E-state index is 0.622. The second kappa shape index (κ2) is 6.02. The lowest BCUT2D eigenvalue weighted by Crippen LogP contribution is -1.94. The van der Waals surface area contributed by atoms with Crippen LogP contribution in [-0.4, -0.2) is 19.2 Å².